The molecule has 0 bridgehead atoms. The lowest BCUT2D eigenvalue weighted by atomic mass is 10.2. The zero-order chi connectivity index (χ0) is 19.2. The van der Waals surface area contributed by atoms with Crippen molar-refractivity contribution in [2.24, 2.45) is 5.92 Å². The highest BCUT2D eigenvalue weighted by atomic mass is 16.5. The van der Waals surface area contributed by atoms with E-state index < -0.39 is 0 Å². The molecule has 1 aromatic heterocycles. The minimum Gasteiger partial charge on any atom is -0.497 e. The number of hydrogen-bond acceptors (Lipinski definition) is 5. The van der Waals surface area contributed by atoms with Crippen LogP contribution < -0.4 is 15.4 Å². The molecular formula is C20H22N4O3. The normalized spacial score (nSPS) is 10.7. The van der Waals surface area contributed by atoms with Gasteiger partial charge in [-0.25, -0.2) is 4.79 Å². The molecule has 7 nitrogen and oxygen atoms in total. The first-order chi connectivity index (χ1) is 13.0. The molecule has 0 atom stereocenters. The number of methoxy groups -OCH3 is 1. The number of hydrogen-bond donors (Lipinski definition) is 2. The maximum absolute atomic E-state index is 11.9. The van der Waals surface area contributed by atoms with E-state index >= 15 is 0 Å². The molecule has 7 heteroatoms. The molecule has 1 heterocycles. The summed E-state index contributed by atoms with van der Waals surface area (Å²) in [4.78, 5) is 16.4. The number of urea groups is 1. The molecule has 0 aliphatic rings. The van der Waals surface area contributed by atoms with Crippen molar-refractivity contribution < 1.29 is 14.1 Å². The molecule has 140 valence electrons. The van der Waals surface area contributed by atoms with Crippen LogP contribution in [0.1, 0.15) is 13.8 Å². The quantitative estimate of drug-likeness (QED) is 0.683. The van der Waals surface area contributed by atoms with E-state index in [0.29, 0.717) is 29.9 Å². The fraction of sp³-hybridized carbons (Fsp3) is 0.250. The molecule has 3 aromatic rings. The molecule has 0 saturated carbocycles. The zero-order valence-electron chi connectivity index (χ0n) is 15.5. The second kappa shape index (κ2) is 8.35. The van der Waals surface area contributed by atoms with Gasteiger partial charge in [0.25, 0.3) is 5.89 Å². The monoisotopic (exact) mass is 366 g/mol. The van der Waals surface area contributed by atoms with Gasteiger partial charge >= 0.3 is 6.03 Å². The van der Waals surface area contributed by atoms with E-state index in [1.165, 1.54) is 0 Å². The van der Waals surface area contributed by atoms with E-state index in [0.717, 1.165) is 16.9 Å². The third-order valence-corrected chi connectivity index (χ3v) is 3.81. The molecule has 2 N–H and O–H groups in total. The third kappa shape index (κ3) is 4.84. The van der Waals surface area contributed by atoms with Crippen LogP contribution in [0.2, 0.25) is 0 Å². The Balaban J connectivity index is 1.73. The highest BCUT2D eigenvalue weighted by Crippen LogP contribution is 2.25. The first-order valence-corrected chi connectivity index (χ1v) is 8.68. The summed E-state index contributed by atoms with van der Waals surface area (Å²) in [5, 5.41) is 9.66. The van der Waals surface area contributed by atoms with Crippen LogP contribution in [0, 0.1) is 5.92 Å². The molecule has 0 radical (unpaired) electrons. The Morgan fingerprint density at radius 2 is 1.93 bits per heavy atom. The maximum atomic E-state index is 11.9. The van der Waals surface area contributed by atoms with Gasteiger partial charge in [-0.1, -0.05) is 31.1 Å². The molecule has 0 saturated heterocycles. The zero-order valence-corrected chi connectivity index (χ0v) is 15.5. The van der Waals surface area contributed by atoms with Crippen molar-refractivity contribution in [2.45, 2.75) is 13.8 Å². The predicted molar refractivity (Wildman–Crippen MR) is 104 cm³/mol. The van der Waals surface area contributed by atoms with E-state index in [1.807, 2.05) is 56.3 Å². The Labute approximate surface area is 157 Å². The van der Waals surface area contributed by atoms with Gasteiger partial charge in [-0.2, -0.15) is 4.98 Å². The first-order valence-electron chi connectivity index (χ1n) is 8.68. The van der Waals surface area contributed by atoms with E-state index in [1.54, 1.807) is 13.2 Å². The number of nitrogens with zero attached hydrogens (tertiary/aromatic N) is 2. The Morgan fingerprint density at radius 1 is 1.15 bits per heavy atom. The fourth-order valence-electron chi connectivity index (χ4n) is 2.40. The number of carbonyl (C=O) groups excluding carboxylic acids is 1. The van der Waals surface area contributed by atoms with Crippen molar-refractivity contribution in [3.63, 3.8) is 0 Å². The molecule has 3 rings (SSSR count). The van der Waals surface area contributed by atoms with Crippen molar-refractivity contribution in [2.75, 3.05) is 19.0 Å². The highest BCUT2D eigenvalue weighted by molar-refractivity contribution is 5.89. The molecule has 0 spiro atoms. The van der Waals surface area contributed by atoms with Crippen LogP contribution in [0.5, 0.6) is 5.75 Å². The van der Waals surface area contributed by atoms with Crippen molar-refractivity contribution in [1.82, 2.24) is 15.5 Å². The van der Waals surface area contributed by atoms with Gasteiger partial charge in [0.1, 0.15) is 5.75 Å². The summed E-state index contributed by atoms with van der Waals surface area (Å²) in [7, 11) is 1.62. The lowest BCUT2D eigenvalue weighted by Gasteiger charge is -2.09. The molecule has 0 unspecified atom stereocenters. The van der Waals surface area contributed by atoms with E-state index in [-0.39, 0.29) is 6.03 Å². The van der Waals surface area contributed by atoms with Gasteiger partial charge in [0.15, 0.2) is 0 Å². The SMILES string of the molecule is COc1ccc(-c2nc(-c3cccc(NC(=O)NCC(C)C)c3)no2)cc1. The second-order valence-electron chi connectivity index (χ2n) is 6.46. The second-order valence-corrected chi connectivity index (χ2v) is 6.46. The van der Waals surface area contributed by atoms with Crippen LogP contribution in [0.25, 0.3) is 22.8 Å². The average molecular weight is 366 g/mol. The summed E-state index contributed by atoms with van der Waals surface area (Å²) in [6.45, 7) is 4.69. The maximum Gasteiger partial charge on any atom is 0.319 e. The molecular weight excluding hydrogens is 344 g/mol. The van der Waals surface area contributed by atoms with Crippen molar-refractivity contribution in [3.8, 4) is 28.6 Å². The van der Waals surface area contributed by atoms with Gasteiger partial charge in [0.2, 0.25) is 5.82 Å². The summed E-state index contributed by atoms with van der Waals surface area (Å²) >= 11 is 0. The highest BCUT2D eigenvalue weighted by Gasteiger charge is 2.12. The van der Waals surface area contributed by atoms with Crippen LogP contribution in [0.4, 0.5) is 10.5 Å². The molecule has 2 amide bonds. The van der Waals surface area contributed by atoms with Gasteiger partial charge in [0.05, 0.1) is 7.11 Å². The van der Waals surface area contributed by atoms with Gasteiger partial charge in [-0.3, -0.25) is 0 Å². The van der Waals surface area contributed by atoms with Crippen LogP contribution in [0.15, 0.2) is 53.1 Å². The van der Waals surface area contributed by atoms with Crippen LogP contribution in [0.3, 0.4) is 0 Å². The smallest absolute Gasteiger partial charge is 0.319 e. The van der Waals surface area contributed by atoms with Crippen LogP contribution in [-0.4, -0.2) is 29.8 Å². The standard InChI is InChI=1S/C20H22N4O3/c1-13(2)12-21-20(25)22-16-6-4-5-15(11-16)18-23-19(27-24-18)14-7-9-17(26-3)10-8-14/h4-11,13H,12H2,1-3H3,(H2,21,22,25). The largest absolute Gasteiger partial charge is 0.497 e. The molecule has 27 heavy (non-hydrogen) atoms. The minimum atomic E-state index is -0.243. The summed E-state index contributed by atoms with van der Waals surface area (Å²) < 4.78 is 10.5. The Bertz CT molecular complexity index is 904. The Morgan fingerprint density at radius 3 is 2.63 bits per heavy atom. The van der Waals surface area contributed by atoms with Gasteiger partial charge in [-0.05, 0) is 42.3 Å². The molecule has 0 aliphatic carbocycles. The van der Waals surface area contributed by atoms with Crippen LogP contribution >= 0.6 is 0 Å². The van der Waals surface area contributed by atoms with Crippen molar-refractivity contribution in [1.29, 1.82) is 0 Å². The lowest BCUT2D eigenvalue weighted by molar-refractivity contribution is 0.251. The van der Waals surface area contributed by atoms with E-state index in [4.69, 9.17) is 9.26 Å². The minimum absolute atomic E-state index is 0.243. The van der Waals surface area contributed by atoms with Gasteiger partial charge < -0.3 is 19.9 Å². The summed E-state index contributed by atoms with van der Waals surface area (Å²) in [5.41, 5.74) is 2.21. The summed E-state index contributed by atoms with van der Waals surface area (Å²) in [6.07, 6.45) is 0. The lowest BCUT2D eigenvalue weighted by Crippen LogP contribution is -2.31. The van der Waals surface area contributed by atoms with E-state index in [2.05, 4.69) is 20.8 Å². The number of anilines is 1. The molecule has 2 aromatic carbocycles. The van der Waals surface area contributed by atoms with Crippen molar-refractivity contribution in [3.05, 3.63) is 48.5 Å². The van der Waals surface area contributed by atoms with E-state index in [9.17, 15) is 4.79 Å². The average Bonchev–Trinajstić information content (AvgIpc) is 3.17. The summed E-state index contributed by atoms with van der Waals surface area (Å²) in [6, 6.07) is 14.4. The first kappa shape index (κ1) is 18.4. The van der Waals surface area contributed by atoms with Crippen molar-refractivity contribution >= 4 is 11.7 Å². The van der Waals surface area contributed by atoms with Gasteiger partial charge in [0, 0.05) is 23.4 Å². The number of amides is 2. The Kier molecular flexibility index (Phi) is 5.71. The number of carbonyl (C=O) groups is 1. The van der Waals surface area contributed by atoms with Gasteiger partial charge in [-0.15, -0.1) is 0 Å². The number of benzene rings is 2. The number of aromatic nitrogens is 2. The third-order valence-electron chi connectivity index (χ3n) is 3.81. The number of rotatable bonds is 6. The van der Waals surface area contributed by atoms with Crippen LogP contribution in [-0.2, 0) is 0 Å². The number of nitrogens with one attached hydrogen (secondary N) is 2. The Hall–Kier alpha value is -3.35. The number of ether oxygens (including phenoxy) is 1. The summed E-state index contributed by atoms with van der Waals surface area (Å²) in [5.74, 6) is 2.01. The molecule has 0 fully saturated rings. The molecule has 0 aliphatic heterocycles. The topological polar surface area (TPSA) is 89.3 Å². The predicted octanol–water partition coefficient (Wildman–Crippen LogP) is 4.19. The fourth-order valence-corrected chi connectivity index (χ4v) is 2.40.